The van der Waals surface area contributed by atoms with Crippen molar-refractivity contribution in [3.63, 3.8) is 0 Å². The summed E-state index contributed by atoms with van der Waals surface area (Å²) in [6.45, 7) is 6.17. The number of hydrogen-bond donors (Lipinski definition) is 2. The molecule has 0 aliphatic carbocycles. The molecule has 7 heteroatoms. The predicted molar refractivity (Wildman–Crippen MR) is 131 cm³/mol. The molecule has 32 heavy (non-hydrogen) atoms. The molecule has 2 atom stereocenters. The van der Waals surface area contributed by atoms with E-state index in [1.165, 1.54) is 0 Å². The number of nitrogens with one attached hydrogen (secondary N) is 1. The van der Waals surface area contributed by atoms with Crippen molar-refractivity contribution in [1.82, 2.24) is 4.72 Å². The van der Waals surface area contributed by atoms with E-state index in [2.05, 4.69) is 20.7 Å². The van der Waals surface area contributed by atoms with Crippen molar-refractivity contribution in [3.05, 3.63) is 94.0 Å². The van der Waals surface area contributed by atoms with E-state index in [9.17, 15) is 14.1 Å². The van der Waals surface area contributed by atoms with Gasteiger partial charge < -0.3 is 10.0 Å². The summed E-state index contributed by atoms with van der Waals surface area (Å²) in [6, 6.07) is 21.8. The van der Waals surface area contributed by atoms with Gasteiger partial charge in [0.15, 0.2) is 5.60 Å². The first kappa shape index (κ1) is 22.9. The number of rotatable bonds is 5. The number of carbonyl (C=O) groups excluding carboxylic acids is 1. The molecule has 0 aromatic heterocycles. The third-order valence-corrected chi connectivity index (χ3v) is 7.31. The topological polar surface area (TPSA) is 69.6 Å². The van der Waals surface area contributed by atoms with E-state index in [1.54, 1.807) is 35.2 Å². The number of nitrogens with zero attached hydrogens (tertiary/aromatic N) is 1. The van der Waals surface area contributed by atoms with Crippen molar-refractivity contribution in [2.75, 3.05) is 4.90 Å². The normalized spacial score (nSPS) is 19.2. The molecular formula is C25H25BrN2O3S. The molecule has 1 aliphatic heterocycles. The van der Waals surface area contributed by atoms with Gasteiger partial charge in [-0.15, -0.1) is 0 Å². The van der Waals surface area contributed by atoms with Crippen molar-refractivity contribution in [1.29, 1.82) is 0 Å². The maximum Gasteiger partial charge on any atom is 0.268 e. The summed E-state index contributed by atoms with van der Waals surface area (Å²) >= 11 is 3.43. The minimum absolute atomic E-state index is 0.310. The molecule has 2 unspecified atom stereocenters. The Morgan fingerprint density at radius 2 is 1.62 bits per heavy atom. The first-order chi connectivity index (χ1) is 15.1. The summed E-state index contributed by atoms with van der Waals surface area (Å²) in [6.07, 6.45) is 0. The third-order valence-electron chi connectivity index (χ3n) is 5.28. The highest BCUT2D eigenvalue weighted by molar-refractivity contribution is 9.10. The molecule has 1 heterocycles. The van der Waals surface area contributed by atoms with Crippen molar-refractivity contribution < 1.29 is 14.1 Å². The van der Waals surface area contributed by atoms with Gasteiger partial charge in [-0.3, -0.25) is 4.79 Å². The molecule has 0 bridgehead atoms. The third kappa shape index (κ3) is 4.30. The van der Waals surface area contributed by atoms with Crippen LogP contribution in [0.5, 0.6) is 0 Å². The summed E-state index contributed by atoms with van der Waals surface area (Å²) in [5.74, 6) is -0.400. The molecule has 4 rings (SSSR count). The molecular weight excluding hydrogens is 488 g/mol. The van der Waals surface area contributed by atoms with Crippen LogP contribution in [0.4, 0.5) is 5.69 Å². The number of benzene rings is 3. The fraction of sp³-hybridized carbons (Fsp3) is 0.240. The van der Waals surface area contributed by atoms with Crippen LogP contribution >= 0.6 is 15.9 Å². The minimum atomic E-state index is -1.80. The number of para-hydroxylation sites is 1. The minimum Gasteiger partial charge on any atom is -0.372 e. The maximum absolute atomic E-state index is 13.6. The van der Waals surface area contributed by atoms with Crippen LogP contribution in [0.25, 0.3) is 0 Å². The van der Waals surface area contributed by atoms with E-state index >= 15 is 0 Å². The molecule has 0 saturated carbocycles. The first-order valence-corrected chi connectivity index (χ1v) is 12.2. The maximum atomic E-state index is 13.6. The lowest BCUT2D eigenvalue weighted by Gasteiger charge is -2.24. The van der Waals surface area contributed by atoms with Gasteiger partial charge in [0.05, 0.1) is 17.1 Å². The van der Waals surface area contributed by atoms with Gasteiger partial charge in [-0.05, 0) is 62.2 Å². The summed E-state index contributed by atoms with van der Waals surface area (Å²) in [5.41, 5.74) is 0.525. The lowest BCUT2D eigenvalue weighted by atomic mass is 9.87. The lowest BCUT2D eigenvalue weighted by Crippen LogP contribution is -2.41. The zero-order chi connectivity index (χ0) is 23.1. The Morgan fingerprint density at radius 1 is 1.00 bits per heavy atom. The number of hydrogen-bond acceptors (Lipinski definition) is 3. The van der Waals surface area contributed by atoms with Crippen LogP contribution in [-0.2, 0) is 27.9 Å². The van der Waals surface area contributed by atoms with Crippen LogP contribution in [0.3, 0.4) is 0 Å². The van der Waals surface area contributed by atoms with Gasteiger partial charge >= 0.3 is 0 Å². The van der Waals surface area contributed by atoms with Gasteiger partial charge in [-0.1, -0.05) is 58.4 Å². The van der Waals surface area contributed by atoms with E-state index < -0.39 is 22.5 Å². The summed E-state index contributed by atoms with van der Waals surface area (Å²) < 4.78 is 16.6. The average molecular weight is 513 g/mol. The molecule has 1 amide bonds. The van der Waals surface area contributed by atoms with E-state index in [1.807, 2.05) is 63.2 Å². The van der Waals surface area contributed by atoms with Crippen molar-refractivity contribution >= 4 is 38.5 Å². The van der Waals surface area contributed by atoms with Crippen LogP contribution in [0.15, 0.2) is 82.2 Å². The largest absolute Gasteiger partial charge is 0.372 e. The highest BCUT2D eigenvalue weighted by Crippen LogP contribution is 2.45. The Bertz CT molecular complexity index is 1170. The SMILES string of the molecule is CC(C)(C)NS(=O)c1ccc(C2(O)C(=O)N(Cc3ccc(Br)cc3)c3ccccc32)cc1. The molecule has 1 aliphatic rings. The van der Waals surface area contributed by atoms with Crippen LogP contribution in [-0.4, -0.2) is 20.8 Å². The van der Waals surface area contributed by atoms with Crippen molar-refractivity contribution in [2.24, 2.45) is 0 Å². The van der Waals surface area contributed by atoms with Crippen LogP contribution in [0.2, 0.25) is 0 Å². The fourth-order valence-electron chi connectivity index (χ4n) is 3.80. The Labute approximate surface area is 199 Å². The quantitative estimate of drug-likeness (QED) is 0.522. The number of anilines is 1. The Hall–Kier alpha value is -2.32. The van der Waals surface area contributed by atoms with E-state index in [0.717, 1.165) is 10.0 Å². The van der Waals surface area contributed by atoms with Gasteiger partial charge in [0.2, 0.25) is 0 Å². The number of carbonyl (C=O) groups is 1. The summed E-state index contributed by atoms with van der Waals surface area (Å²) in [5, 5.41) is 11.7. The van der Waals surface area contributed by atoms with Gasteiger partial charge in [0, 0.05) is 15.6 Å². The second-order valence-corrected chi connectivity index (χ2v) is 11.0. The first-order valence-electron chi connectivity index (χ1n) is 10.3. The molecule has 0 fully saturated rings. The van der Waals surface area contributed by atoms with Crippen molar-refractivity contribution in [2.45, 2.75) is 43.4 Å². The fourth-order valence-corrected chi connectivity index (χ4v) is 5.12. The highest BCUT2D eigenvalue weighted by Gasteiger charge is 2.50. The van der Waals surface area contributed by atoms with E-state index in [0.29, 0.717) is 28.3 Å². The molecule has 5 nitrogen and oxygen atoms in total. The molecule has 3 aromatic carbocycles. The van der Waals surface area contributed by atoms with Gasteiger partial charge in [0.1, 0.15) is 11.0 Å². The molecule has 3 aromatic rings. The average Bonchev–Trinajstić information content (AvgIpc) is 2.97. The van der Waals surface area contributed by atoms with Crippen LogP contribution in [0, 0.1) is 0 Å². The Morgan fingerprint density at radius 3 is 2.25 bits per heavy atom. The van der Waals surface area contributed by atoms with Gasteiger partial charge in [-0.25, -0.2) is 8.93 Å². The smallest absolute Gasteiger partial charge is 0.268 e. The monoisotopic (exact) mass is 512 g/mol. The molecule has 0 radical (unpaired) electrons. The lowest BCUT2D eigenvalue weighted by molar-refractivity contribution is -0.132. The second-order valence-electron chi connectivity index (χ2n) is 8.89. The molecule has 0 saturated heterocycles. The number of aliphatic hydroxyl groups is 1. The van der Waals surface area contributed by atoms with E-state index in [-0.39, 0.29) is 5.54 Å². The Balaban J connectivity index is 1.68. The number of fused-ring (bicyclic) bond motifs is 1. The Kier molecular flexibility index (Phi) is 6.11. The highest BCUT2D eigenvalue weighted by atomic mass is 79.9. The zero-order valence-electron chi connectivity index (χ0n) is 18.1. The molecule has 2 N–H and O–H groups in total. The van der Waals surface area contributed by atoms with Crippen LogP contribution < -0.4 is 9.62 Å². The standard InChI is InChI=1S/C25H25BrN2O3S/c1-24(2,3)27-32(31)20-14-10-18(11-15-20)25(30)21-6-4-5-7-22(21)28(23(25)29)16-17-8-12-19(26)13-9-17/h4-15,27,30H,16H2,1-3H3. The molecule has 166 valence electrons. The second kappa shape index (κ2) is 8.56. The van der Waals surface area contributed by atoms with E-state index in [4.69, 9.17) is 0 Å². The van der Waals surface area contributed by atoms with Crippen molar-refractivity contribution in [3.8, 4) is 0 Å². The number of amides is 1. The van der Waals surface area contributed by atoms with Gasteiger partial charge in [-0.2, -0.15) is 0 Å². The summed E-state index contributed by atoms with van der Waals surface area (Å²) in [7, 11) is -1.40. The molecule has 0 spiro atoms. The predicted octanol–water partition coefficient (Wildman–Crippen LogP) is 4.64. The number of halogens is 1. The van der Waals surface area contributed by atoms with Crippen LogP contribution in [0.1, 0.15) is 37.5 Å². The summed E-state index contributed by atoms with van der Waals surface area (Å²) in [4.78, 5) is 15.8. The zero-order valence-corrected chi connectivity index (χ0v) is 20.5. The van der Waals surface area contributed by atoms with Gasteiger partial charge in [0.25, 0.3) is 5.91 Å².